The molecule has 0 aliphatic carbocycles. The number of aromatic nitrogens is 2. The Morgan fingerprint density at radius 1 is 1.11 bits per heavy atom. The van der Waals surface area contributed by atoms with E-state index in [0.29, 0.717) is 15.7 Å². The number of nitrogens with zero attached hydrogens (tertiary/aromatic N) is 2. The van der Waals surface area contributed by atoms with Crippen molar-refractivity contribution >= 4 is 50.0 Å². The van der Waals surface area contributed by atoms with Gasteiger partial charge in [0.1, 0.15) is 5.15 Å². The molecule has 0 unspecified atom stereocenters. The van der Waals surface area contributed by atoms with Gasteiger partial charge in [-0.05, 0) is 24.3 Å². The van der Waals surface area contributed by atoms with Crippen molar-refractivity contribution in [3.8, 4) is 11.1 Å². The molecule has 5 heteroatoms. The van der Waals surface area contributed by atoms with E-state index in [2.05, 4.69) is 25.9 Å². The molecule has 0 spiro atoms. The Bertz CT molecular complexity index is 760. The van der Waals surface area contributed by atoms with E-state index >= 15 is 0 Å². The van der Waals surface area contributed by atoms with Crippen LogP contribution in [-0.2, 0) is 0 Å². The summed E-state index contributed by atoms with van der Waals surface area (Å²) in [6, 6.07) is 9.47. The lowest BCUT2D eigenvalue weighted by atomic mass is 10.1. The molecule has 3 rings (SSSR count). The Morgan fingerprint density at radius 2 is 1.95 bits per heavy atom. The Kier molecular flexibility index (Phi) is 3.44. The highest BCUT2D eigenvalue weighted by molar-refractivity contribution is 9.10. The Morgan fingerprint density at radius 3 is 2.68 bits per heavy atom. The third kappa shape index (κ3) is 2.34. The summed E-state index contributed by atoms with van der Waals surface area (Å²) in [5.74, 6) is 0. The number of halogens is 3. The van der Waals surface area contributed by atoms with Crippen LogP contribution in [0.3, 0.4) is 0 Å². The molecule has 2 nitrogen and oxygen atoms in total. The lowest BCUT2D eigenvalue weighted by molar-refractivity contribution is 1.32. The molecule has 94 valence electrons. The van der Waals surface area contributed by atoms with Gasteiger partial charge in [-0.1, -0.05) is 45.2 Å². The second-order valence-corrected chi connectivity index (χ2v) is 5.65. The summed E-state index contributed by atoms with van der Waals surface area (Å²) in [5, 5.41) is 1.83. The minimum absolute atomic E-state index is 0.382. The van der Waals surface area contributed by atoms with E-state index in [0.717, 1.165) is 20.9 Å². The second-order valence-electron chi connectivity index (χ2n) is 3.99. The smallest absolute Gasteiger partial charge is 0.139 e. The fraction of sp³-hybridized carbons (Fsp3) is 0. The maximum absolute atomic E-state index is 6.48. The molecule has 3 aromatic rings. The summed E-state index contributed by atoms with van der Waals surface area (Å²) >= 11 is 16.2. The van der Waals surface area contributed by atoms with Crippen molar-refractivity contribution in [2.45, 2.75) is 0 Å². The highest BCUT2D eigenvalue weighted by atomic mass is 79.9. The topological polar surface area (TPSA) is 25.8 Å². The summed E-state index contributed by atoms with van der Waals surface area (Å²) in [6.45, 7) is 0. The van der Waals surface area contributed by atoms with Crippen LogP contribution in [0.1, 0.15) is 0 Å². The number of hydrogen-bond donors (Lipinski definition) is 0. The molecule has 0 aliphatic rings. The van der Waals surface area contributed by atoms with Gasteiger partial charge in [-0.25, -0.2) is 4.98 Å². The van der Waals surface area contributed by atoms with Gasteiger partial charge in [-0.3, -0.25) is 4.98 Å². The molecule has 0 atom stereocenters. The van der Waals surface area contributed by atoms with Crippen LogP contribution in [-0.4, -0.2) is 9.97 Å². The van der Waals surface area contributed by atoms with Gasteiger partial charge in [0.15, 0.2) is 0 Å². The normalized spacial score (nSPS) is 10.9. The highest BCUT2D eigenvalue weighted by Gasteiger charge is 2.14. The third-order valence-electron chi connectivity index (χ3n) is 2.79. The maximum Gasteiger partial charge on any atom is 0.139 e. The van der Waals surface area contributed by atoms with Crippen molar-refractivity contribution in [3.05, 3.63) is 57.4 Å². The summed E-state index contributed by atoms with van der Waals surface area (Å²) in [7, 11) is 0. The van der Waals surface area contributed by atoms with E-state index in [9.17, 15) is 0 Å². The van der Waals surface area contributed by atoms with Crippen LogP contribution < -0.4 is 0 Å². The zero-order chi connectivity index (χ0) is 13.4. The predicted octanol–water partition coefficient (Wildman–Crippen LogP) is 5.37. The lowest BCUT2D eigenvalue weighted by Crippen LogP contribution is -1.89. The molecule has 0 bridgehead atoms. The van der Waals surface area contributed by atoms with E-state index in [4.69, 9.17) is 23.2 Å². The van der Waals surface area contributed by atoms with Gasteiger partial charge in [0.05, 0.1) is 10.5 Å². The average molecular weight is 354 g/mol. The van der Waals surface area contributed by atoms with Crippen molar-refractivity contribution in [3.63, 3.8) is 0 Å². The van der Waals surface area contributed by atoms with Gasteiger partial charge in [0.2, 0.25) is 0 Å². The summed E-state index contributed by atoms with van der Waals surface area (Å²) in [6.07, 6.45) is 3.43. The molecule has 0 saturated heterocycles. The standard InChI is InChI=1S/C14H7BrCl2N2/c15-9-3-4-11-10(6-9)13(16)12(14(17)19-11)8-2-1-5-18-7-8/h1-7H. The molecule has 0 radical (unpaired) electrons. The van der Waals surface area contributed by atoms with Gasteiger partial charge in [-0.2, -0.15) is 0 Å². The maximum atomic E-state index is 6.48. The molecule has 0 amide bonds. The average Bonchev–Trinajstić information content (AvgIpc) is 2.41. The van der Waals surface area contributed by atoms with Crippen LogP contribution >= 0.6 is 39.1 Å². The Hall–Kier alpha value is -1.16. The van der Waals surface area contributed by atoms with E-state index in [-0.39, 0.29) is 0 Å². The summed E-state index contributed by atoms with van der Waals surface area (Å²) in [4.78, 5) is 8.47. The first kappa shape index (κ1) is 12.9. The first-order valence-electron chi connectivity index (χ1n) is 5.51. The molecule has 19 heavy (non-hydrogen) atoms. The number of rotatable bonds is 1. The summed E-state index contributed by atoms with van der Waals surface area (Å²) < 4.78 is 0.947. The first-order valence-corrected chi connectivity index (χ1v) is 7.06. The fourth-order valence-corrected chi connectivity index (χ4v) is 2.98. The largest absolute Gasteiger partial charge is 0.264 e. The van der Waals surface area contributed by atoms with Crippen LogP contribution in [0.5, 0.6) is 0 Å². The van der Waals surface area contributed by atoms with Gasteiger partial charge >= 0.3 is 0 Å². The van der Waals surface area contributed by atoms with Gasteiger partial charge < -0.3 is 0 Å². The monoisotopic (exact) mass is 352 g/mol. The first-order chi connectivity index (χ1) is 9.16. The van der Waals surface area contributed by atoms with E-state index < -0.39 is 0 Å². The van der Waals surface area contributed by atoms with Gasteiger partial charge in [0, 0.05) is 33.4 Å². The minimum atomic E-state index is 0.382. The van der Waals surface area contributed by atoms with Crippen molar-refractivity contribution in [2.75, 3.05) is 0 Å². The van der Waals surface area contributed by atoms with Crippen molar-refractivity contribution in [1.29, 1.82) is 0 Å². The molecule has 0 aliphatic heterocycles. The third-order valence-corrected chi connectivity index (χ3v) is 3.95. The van der Waals surface area contributed by atoms with Gasteiger partial charge in [-0.15, -0.1) is 0 Å². The van der Waals surface area contributed by atoms with Crippen molar-refractivity contribution in [2.24, 2.45) is 0 Å². The molecular weight excluding hydrogens is 347 g/mol. The van der Waals surface area contributed by atoms with Crippen LogP contribution in [0.15, 0.2) is 47.2 Å². The Balaban J connectivity index is 2.37. The number of hydrogen-bond acceptors (Lipinski definition) is 2. The van der Waals surface area contributed by atoms with Crippen LogP contribution in [0, 0.1) is 0 Å². The summed E-state index contributed by atoms with van der Waals surface area (Å²) in [5.41, 5.74) is 2.33. The van der Waals surface area contributed by atoms with Crippen LogP contribution in [0.2, 0.25) is 10.2 Å². The molecule has 0 fully saturated rings. The van der Waals surface area contributed by atoms with Crippen LogP contribution in [0.25, 0.3) is 22.0 Å². The molecule has 2 heterocycles. The molecular formula is C14H7BrCl2N2. The van der Waals surface area contributed by atoms with Crippen molar-refractivity contribution < 1.29 is 0 Å². The second kappa shape index (κ2) is 5.08. The van der Waals surface area contributed by atoms with Gasteiger partial charge in [0.25, 0.3) is 0 Å². The predicted molar refractivity (Wildman–Crippen MR) is 82.7 cm³/mol. The molecule has 0 N–H and O–H groups in total. The quantitative estimate of drug-likeness (QED) is 0.550. The SMILES string of the molecule is Clc1nc2ccc(Br)cc2c(Cl)c1-c1cccnc1. The lowest BCUT2D eigenvalue weighted by Gasteiger charge is -2.09. The van der Waals surface area contributed by atoms with E-state index in [1.165, 1.54) is 0 Å². The zero-order valence-electron chi connectivity index (χ0n) is 9.57. The number of fused-ring (bicyclic) bond motifs is 1. The minimum Gasteiger partial charge on any atom is -0.264 e. The number of pyridine rings is 2. The zero-order valence-corrected chi connectivity index (χ0v) is 12.7. The molecule has 0 saturated carbocycles. The number of benzene rings is 1. The van der Waals surface area contributed by atoms with E-state index in [1.807, 2.05) is 30.3 Å². The Labute approximate surface area is 128 Å². The van der Waals surface area contributed by atoms with Crippen LogP contribution in [0.4, 0.5) is 0 Å². The van der Waals surface area contributed by atoms with E-state index in [1.54, 1.807) is 12.4 Å². The fourth-order valence-electron chi connectivity index (χ4n) is 1.92. The highest BCUT2D eigenvalue weighted by Crippen LogP contribution is 2.38. The molecule has 1 aromatic carbocycles. The van der Waals surface area contributed by atoms with Crippen molar-refractivity contribution in [1.82, 2.24) is 9.97 Å². The molecule has 2 aromatic heterocycles.